The van der Waals surface area contributed by atoms with Crippen LogP contribution in [0.15, 0.2) is 60.8 Å². The highest BCUT2D eigenvalue weighted by atomic mass is 32.2. The lowest BCUT2D eigenvalue weighted by atomic mass is 10.0. The minimum atomic E-state index is -5.77. The maximum absolute atomic E-state index is 12.6. The monoisotopic (exact) mass is 353 g/mol. The van der Waals surface area contributed by atoms with Gasteiger partial charge in [-0.1, -0.05) is 36.4 Å². The first-order valence-corrected chi connectivity index (χ1v) is 8.14. The summed E-state index contributed by atoms with van der Waals surface area (Å²) in [6.07, 6.45) is 1.53. The van der Waals surface area contributed by atoms with Crippen molar-refractivity contribution in [2.75, 3.05) is 0 Å². The summed E-state index contributed by atoms with van der Waals surface area (Å²) < 4.78 is 65.1. The van der Waals surface area contributed by atoms with E-state index in [4.69, 9.17) is 0 Å². The molecule has 0 unspecified atom stereocenters. The largest absolute Gasteiger partial charge is 0.534 e. The number of halogens is 3. The van der Waals surface area contributed by atoms with E-state index in [0.717, 1.165) is 0 Å². The Labute approximate surface area is 135 Å². The van der Waals surface area contributed by atoms with Crippen LogP contribution in [0.4, 0.5) is 13.2 Å². The number of hydrogen-bond acceptors (Lipinski definition) is 4. The van der Waals surface area contributed by atoms with Crippen molar-refractivity contribution in [3.8, 4) is 16.9 Å². The van der Waals surface area contributed by atoms with Crippen molar-refractivity contribution in [3.05, 3.63) is 60.8 Å². The van der Waals surface area contributed by atoms with Gasteiger partial charge in [0.1, 0.15) is 0 Å². The summed E-state index contributed by atoms with van der Waals surface area (Å²) in [7, 11) is -5.77. The topological polar surface area (TPSA) is 56.3 Å². The first kappa shape index (κ1) is 16.3. The predicted molar refractivity (Wildman–Crippen MR) is 82.8 cm³/mol. The molecular weight excluding hydrogens is 343 g/mol. The van der Waals surface area contributed by atoms with Gasteiger partial charge in [-0.15, -0.1) is 0 Å². The lowest BCUT2D eigenvalue weighted by Gasteiger charge is -2.14. The Kier molecular flexibility index (Phi) is 3.92. The molecular formula is C16H10F3NO3S. The normalized spacial score (nSPS) is 12.3. The van der Waals surface area contributed by atoms with E-state index in [1.807, 2.05) is 0 Å². The van der Waals surface area contributed by atoms with Gasteiger partial charge in [-0.05, 0) is 23.8 Å². The zero-order chi connectivity index (χ0) is 17.4. The molecule has 8 heteroatoms. The smallest absolute Gasteiger partial charge is 0.375 e. The van der Waals surface area contributed by atoms with Crippen molar-refractivity contribution in [3.63, 3.8) is 0 Å². The molecule has 0 aliphatic carbocycles. The van der Waals surface area contributed by atoms with Gasteiger partial charge in [-0.2, -0.15) is 21.6 Å². The quantitative estimate of drug-likeness (QED) is 0.525. The van der Waals surface area contributed by atoms with E-state index in [1.54, 1.807) is 42.5 Å². The van der Waals surface area contributed by atoms with Crippen LogP contribution in [-0.4, -0.2) is 18.9 Å². The van der Waals surface area contributed by atoms with E-state index < -0.39 is 21.4 Å². The van der Waals surface area contributed by atoms with Crippen LogP contribution in [0.1, 0.15) is 0 Å². The molecule has 3 rings (SSSR count). The van der Waals surface area contributed by atoms with Gasteiger partial charge in [-0.3, -0.25) is 4.98 Å². The third-order valence-corrected chi connectivity index (χ3v) is 4.24. The van der Waals surface area contributed by atoms with Crippen molar-refractivity contribution in [1.82, 2.24) is 4.98 Å². The fourth-order valence-electron chi connectivity index (χ4n) is 2.18. The van der Waals surface area contributed by atoms with E-state index in [2.05, 4.69) is 9.17 Å². The summed E-state index contributed by atoms with van der Waals surface area (Å²) in [6.45, 7) is 0. The molecule has 1 heterocycles. The molecule has 2 aromatic carbocycles. The van der Waals surface area contributed by atoms with Gasteiger partial charge >= 0.3 is 15.6 Å². The molecule has 124 valence electrons. The van der Waals surface area contributed by atoms with Crippen LogP contribution in [0.2, 0.25) is 0 Å². The van der Waals surface area contributed by atoms with Crippen LogP contribution in [0.25, 0.3) is 22.0 Å². The average Bonchev–Trinajstić information content (AvgIpc) is 2.53. The number of fused-ring (bicyclic) bond motifs is 1. The van der Waals surface area contributed by atoms with Crippen LogP contribution in [0.5, 0.6) is 5.75 Å². The number of hydrogen-bond donors (Lipinski definition) is 0. The lowest BCUT2D eigenvalue weighted by molar-refractivity contribution is -0.0499. The first-order valence-electron chi connectivity index (χ1n) is 6.73. The second kappa shape index (κ2) is 5.79. The second-order valence-corrected chi connectivity index (χ2v) is 6.43. The lowest BCUT2D eigenvalue weighted by Crippen LogP contribution is -2.28. The summed E-state index contributed by atoms with van der Waals surface area (Å²) in [5.41, 5.74) is -4.29. The van der Waals surface area contributed by atoms with Crippen LogP contribution < -0.4 is 4.18 Å². The Balaban J connectivity index is 2.22. The Morgan fingerprint density at radius 1 is 0.958 bits per heavy atom. The highest BCUT2D eigenvalue weighted by Gasteiger charge is 2.48. The molecule has 3 aromatic rings. The SMILES string of the molecule is O=S(=O)(Oc1cc2cccnc2cc1-c1ccccc1)C(F)(F)F. The molecule has 0 bridgehead atoms. The number of alkyl halides is 3. The van der Waals surface area contributed by atoms with Crippen LogP contribution in [-0.2, 0) is 10.1 Å². The van der Waals surface area contributed by atoms with Crippen molar-refractivity contribution in [2.24, 2.45) is 0 Å². The second-order valence-electron chi connectivity index (χ2n) is 4.89. The number of benzene rings is 2. The van der Waals surface area contributed by atoms with Gasteiger partial charge < -0.3 is 4.18 Å². The fourth-order valence-corrected chi connectivity index (χ4v) is 2.65. The molecule has 0 fully saturated rings. The standard InChI is InChI=1S/C16H10F3NO3S/c17-16(18,19)24(21,22)23-15-9-12-7-4-8-20-14(12)10-13(15)11-5-2-1-3-6-11/h1-10H. The van der Waals surface area contributed by atoms with Gasteiger partial charge in [0.25, 0.3) is 0 Å². The molecule has 0 amide bonds. The third kappa shape index (κ3) is 3.05. The van der Waals surface area contributed by atoms with Crippen molar-refractivity contribution in [2.45, 2.75) is 5.51 Å². The Morgan fingerprint density at radius 2 is 1.67 bits per heavy atom. The highest BCUT2D eigenvalue weighted by molar-refractivity contribution is 7.88. The fraction of sp³-hybridized carbons (Fsp3) is 0.0625. The van der Waals surface area contributed by atoms with Crippen molar-refractivity contribution in [1.29, 1.82) is 0 Å². The highest BCUT2D eigenvalue weighted by Crippen LogP contribution is 2.36. The Morgan fingerprint density at radius 3 is 2.33 bits per heavy atom. The van der Waals surface area contributed by atoms with Gasteiger partial charge in [-0.25, -0.2) is 0 Å². The van der Waals surface area contributed by atoms with Gasteiger partial charge in [0.05, 0.1) is 5.52 Å². The van der Waals surface area contributed by atoms with E-state index in [1.165, 1.54) is 18.3 Å². The summed E-state index contributed by atoms with van der Waals surface area (Å²) in [6, 6.07) is 14.3. The molecule has 24 heavy (non-hydrogen) atoms. The van der Waals surface area contributed by atoms with E-state index in [-0.39, 0.29) is 5.56 Å². The average molecular weight is 353 g/mol. The van der Waals surface area contributed by atoms with Crippen LogP contribution in [0, 0.1) is 0 Å². The number of nitrogens with zero attached hydrogens (tertiary/aromatic N) is 1. The van der Waals surface area contributed by atoms with Crippen molar-refractivity contribution >= 4 is 21.0 Å². The zero-order valence-corrected chi connectivity index (χ0v) is 12.8. The summed E-state index contributed by atoms with van der Waals surface area (Å²) in [5.74, 6) is -0.404. The Bertz CT molecular complexity index is 986. The number of pyridine rings is 1. The van der Waals surface area contributed by atoms with E-state index in [9.17, 15) is 21.6 Å². The third-order valence-electron chi connectivity index (χ3n) is 3.27. The van der Waals surface area contributed by atoms with E-state index >= 15 is 0 Å². The molecule has 0 saturated carbocycles. The predicted octanol–water partition coefficient (Wildman–Crippen LogP) is 4.13. The summed E-state index contributed by atoms with van der Waals surface area (Å²) in [5, 5.41) is 0.463. The minimum Gasteiger partial charge on any atom is -0.375 e. The summed E-state index contributed by atoms with van der Waals surface area (Å²) >= 11 is 0. The van der Waals surface area contributed by atoms with Crippen molar-refractivity contribution < 1.29 is 25.8 Å². The molecule has 4 nitrogen and oxygen atoms in total. The summed E-state index contributed by atoms with van der Waals surface area (Å²) in [4.78, 5) is 4.13. The van der Waals surface area contributed by atoms with Gasteiger partial charge in [0.15, 0.2) is 5.75 Å². The van der Waals surface area contributed by atoms with Gasteiger partial charge in [0, 0.05) is 17.1 Å². The molecule has 1 aromatic heterocycles. The zero-order valence-electron chi connectivity index (χ0n) is 12.0. The Hall–Kier alpha value is -2.61. The van der Waals surface area contributed by atoms with Crippen LogP contribution >= 0.6 is 0 Å². The molecule has 0 saturated heterocycles. The molecule has 0 atom stereocenters. The molecule has 0 radical (unpaired) electrons. The molecule has 0 aliphatic heterocycles. The molecule has 0 spiro atoms. The van der Waals surface area contributed by atoms with Gasteiger partial charge in [0.2, 0.25) is 0 Å². The van der Waals surface area contributed by atoms with Crippen LogP contribution in [0.3, 0.4) is 0 Å². The molecule has 0 N–H and O–H groups in total. The maximum Gasteiger partial charge on any atom is 0.534 e. The number of aromatic nitrogens is 1. The maximum atomic E-state index is 12.6. The minimum absolute atomic E-state index is 0.203. The van der Waals surface area contributed by atoms with E-state index in [0.29, 0.717) is 16.5 Å². The molecule has 0 aliphatic rings. The number of rotatable bonds is 3. The first-order chi connectivity index (χ1) is 11.3.